The standard InChI is InChI=1S/C11H19NO2S/c1-6-11(7-2)9-8-10(3)15(13,14)12(4)5/h6,8-9H,1,7H2,2-5H3. The van der Waals surface area contributed by atoms with E-state index in [9.17, 15) is 8.42 Å². The van der Waals surface area contributed by atoms with Crippen molar-refractivity contribution < 1.29 is 8.42 Å². The van der Waals surface area contributed by atoms with Gasteiger partial charge >= 0.3 is 0 Å². The maximum atomic E-state index is 11.6. The lowest BCUT2D eigenvalue weighted by molar-refractivity contribution is 0.528. The molecule has 4 heteroatoms. The van der Waals surface area contributed by atoms with Gasteiger partial charge in [-0.15, -0.1) is 0 Å². The van der Waals surface area contributed by atoms with E-state index in [1.54, 1.807) is 25.2 Å². The third kappa shape index (κ3) is 4.01. The zero-order valence-corrected chi connectivity index (χ0v) is 10.6. The van der Waals surface area contributed by atoms with Crippen molar-refractivity contribution in [3.05, 3.63) is 35.3 Å². The normalized spacial score (nSPS) is 14.5. The summed E-state index contributed by atoms with van der Waals surface area (Å²) in [5, 5.41) is 0. The molecule has 0 heterocycles. The van der Waals surface area contributed by atoms with E-state index in [0.717, 1.165) is 12.0 Å². The summed E-state index contributed by atoms with van der Waals surface area (Å²) in [5.74, 6) is 0. The Morgan fingerprint density at radius 3 is 2.20 bits per heavy atom. The van der Waals surface area contributed by atoms with Crippen molar-refractivity contribution >= 4 is 10.0 Å². The molecule has 0 radical (unpaired) electrons. The van der Waals surface area contributed by atoms with E-state index in [0.29, 0.717) is 4.91 Å². The van der Waals surface area contributed by atoms with E-state index in [4.69, 9.17) is 0 Å². The van der Waals surface area contributed by atoms with Gasteiger partial charge in [0, 0.05) is 14.1 Å². The van der Waals surface area contributed by atoms with Gasteiger partial charge < -0.3 is 0 Å². The Morgan fingerprint density at radius 2 is 1.87 bits per heavy atom. The Labute approximate surface area is 92.8 Å². The van der Waals surface area contributed by atoms with Crippen LogP contribution in [0.2, 0.25) is 0 Å². The summed E-state index contributed by atoms with van der Waals surface area (Å²) < 4.78 is 24.4. The van der Waals surface area contributed by atoms with Crippen LogP contribution in [0.25, 0.3) is 0 Å². The molecule has 0 rings (SSSR count). The third-order valence-electron chi connectivity index (χ3n) is 2.09. The number of sulfonamides is 1. The van der Waals surface area contributed by atoms with E-state index in [2.05, 4.69) is 6.58 Å². The number of allylic oxidation sites excluding steroid dienone is 5. The third-order valence-corrected chi connectivity index (χ3v) is 4.00. The van der Waals surface area contributed by atoms with Crippen LogP contribution in [0.4, 0.5) is 0 Å². The molecule has 0 bridgehead atoms. The van der Waals surface area contributed by atoms with Gasteiger partial charge in [-0.1, -0.05) is 25.7 Å². The van der Waals surface area contributed by atoms with E-state index in [-0.39, 0.29) is 0 Å². The molecule has 0 saturated heterocycles. The fraction of sp³-hybridized carbons (Fsp3) is 0.455. The first-order valence-electron chi connectivity index (χ1n) is 4.78. The summed E-state index contributed by atoms with van der Waals surface area (Å²) in [5.41, 5.74) is 1.02. The quantitative estimate of drug-likeness (QED) is 0.678. The molecule has 0 spiro atoms. The van der Waals surface area contributed by atoms with Gasteiger partial charge in [0.05, 0.1) is 4.91 Å². The Kier molecular flexibility index (Phi) is 5.54. The van der Waals surface area contributed by atoms with Crippen LogP contribution in [0.1, 0.15) is 20.3 Å². The molecule has 86 valence electrons. The summed E-state index contributed by atoms with van der Waals surface area (Å²) in [7, 11) is -0.236. The second kappa shape index (κ2) is 5.88. The Hall–Kier alpha value is -0.870. The fourth-order valence-electron chi connectivity index (χ4n) is 0.929. The molecule has 0 N–H and O–H groups in total. The molecule has 0 aromatic heterocycles. The number of hydrogen-bond donors (Lipinski definition) is 0. The zero-order chi connectivity index (χ0) is 12.1. The van der Waals surface area contributed by atoms with Gasteiger partial charge in [0.25, 0.3) is 0 Å². The zero-order valence-electron chi connectivity index (χ0n) is 9.82. The largest absolute Gasteiger partial charge is 0.238 e. The second-order valence-electron chi connectivity index (χ2n) is 3.36. The summed E-state index contributed by atoms with van der Waals surface area (Å²) in [6.45, 7) is 7.23. The first-order chi connectivity index (χ1) is 6.86. The van der Waals surface area contributed by atoms with Gasteiger partial charge in [-0.3, -0.25) is 0 Å². The Balaban J connectivity index is 5.03. The molecular formula is C11H19NO2S. The lowest BCUT2D eigenvalue weighted by Gasteiger charge is -2.10. The molecule has 0 aliphatic rings. The van der Waals surface area contributed by atoms with Crippen LogP contribution in [0.3, 0.4) is 0 Å². The highest BCUT2D eigenvalue weighted by Gasteiger charge is 2.14. The van der Waals surface area contributed by atoms with E-state index >= 15 is 0 Å². The van der Waals surface area contributed by atoms with Crippen molar-refractivity contribution in [1.82, 2.24) is 4.31 Å². The van der Waals surface area contributed by atoms with Crippen LogP contribution in [-0.2, 0) is 10.0 Å². The monoisotopic (exact) mass is 229 g/mol. The maximum Gasteiger partial charge on any atom is 0.238 e. The number of hydrogen-bond acceptors (Lipinski definition) is 2. The lowest BCUT2D eigenvalue weighted by atomic mass is 10.2. The van der Waals surface area contributed by atoms with Gasteiger partial charge in [0.1, 0.15) is 0 Å². The highest BCUT2D eigenvalue weighted by molar-refractivity contribution is 7.92. The molecule has 0 fully saturated rings. The van der Waals surface area contributed by atoms with Crippen LogP contribution < -0.4 is 0 Å². The molecule has 0 atom stereocenters. The Bertz CT molecular complexity index is 375. The lowest BCUT2D eigenvalue weighted by Crippen LogP contribution is -2.22. The number of rotatable bonds is 5. The molecule has 0 unspecified atom stereocenters. The topological polar surface area (TPSA) is 37.4 Å². The average molecular weight is 229 g/mol. The summed E-state index contributed by atoms with van der Waals surface area (Å²) in [6, 6.07) is 0. The number of nitrogens with zero attached hydrogens (tertiary/aromatic N) is 1. The first-order valence-corrected chi connectivity index (χ1v) is 6.22. The van der Waals surface area contributed by atoms with Crippen LogP contribution in [-0.4, -0.2) is 26.8 Å². The molecule has 0 amide bonds. The molecular weight excluding hydrogens is 210 g/mol. The van der Waals surface area contributed by atoms with Crippen LogP contribution >= 0.6 is 0 Å². The van der Waals surface area contributed by atoms with Crippen molar-refractivity contribution in [2.75, 3.05) is 14.1 Å². The van der Waals surface area contributed by atoms with E-state index in [1.165, 1.54) is 18.4 Å². The SMILES string of the molecule is C=CC(=CC=C(C)S(=O)(=O)N(C)C)CC. The van der Waals surface area contributed by atoms with E-state index < -0.39 is 10.0 Å². The van der Waals surface area contributed by atoms with Gasteiger partial charge in [-0.05, 0) is 25.0 Å². The van der Waals surface area contributed by atoms with Crippen LogP contribution in [0.15, 0.2) is 35.3 Å². The first kappa shape index (κ1) is 14.1. The van der Waals surface area contributed by atoms with Gasteiger partial charge in [-0.25, -0.2) is 12.7 Å². The molecule has 0 aromatic rings. The van der Waals surface area contributed by atoms with Crippen LogP contribution in [0, 0.1) is 0 Å². The van der Waals surface area contributed by atoms with Gasteiger partial charge in [0.15, 0.2) is 0 Å². The highest BCUT2D eigenvalue weighted by Crippen LogP contribution is 2.10. The van der Waals surface area contributed by atoms with Crippen LogP contribution in [0.5, 0.6) is 0 Å². The molecule has 0 aromatic carbocycles. The predicted molar refractivity (Wildman–Crippen MR) is 64.9 cm³/mol. The minimum absolute atomic E-state index is 0.334. The molecule has 0 aliphatic heterocycles. The van der Waals surface area contributed by atoms with Gasteiger partial charge in [-0.2, -0.15) is 0 Å². The van der Waals surface area contributed by atoms with Crippen molar-refractivity contribution in [2.45, 2.75) is 20.3 Å². The second-order valence-corrected chi connectivity index (χ2v) is 5.69. The molecule has 0 aliphatic carbocycles. The fourth-order valence-corrected chi connectivity index (χ4v) is 1.74. The minimum Gasteiger partial charge on any atom is -0.207 e. The molecule has 0 saturated carbocycles. The molecule has 15 heavy (non-hydrogen) atoms. The van der Waals surface area contributed by atoms with E-state index in [1.807, 2.05) is 6.92 Å². The van der Waals surface area contributed by atoms with Crippen molar-refractivity contribution in [3.63, 3.8) is 0 Å². The average Bonchev–Trinajstić information content (AvgIpc) is 2.18. The summed E-state index contributed by atoms with van der Waals surface area (Å²) >= 11 is 0. The van der Waals surface area contributed by atoms with Crippen molar-refractivity contribution in [3.8, 4) is 0 Å². The molecule has 3 nitrogen and oxygen atoms in total. The summed E-state index contributed by atoms with van der Waals surface area (Å²) in [6.07, 6.45) is 5.96. The van der Waals surface area contributed by atoms with Gasteiger partial charge in [0.2, 0.25) is 10.0 Å². The summed E-state index contributed by atoms with van der Waals surface area (Å²) in [4.78, 5) is 0.334. The van der Waals surface area contributed by atoms with Crippen molar-refractivity contribution in [1.29, 1.82) is 0 Å². The maximum absolute atomic E-state index is 11.6. The Morgan fingerprint density at radius 1 is 1.33 bits per heavy atom. The minimum atomic E-state index is -3.27. The predicted octanol–water partition coefficient (Wildman–Crippen LogP) is 2.30. The highest BCUT2D eigenvalue weighted by atomic mass is 32.2. The smallest absolute Gasteiger partial charge is 0.207 e. The van der Waals surface area contributed by atoms with Crippen molar-refractivity contribution in [2.24, 2.45) is 0 Å².